The Morgan fingerprint density at radius 2 is 1.40 bits per heavy atom. The van der Waals surface area contributed by atoms with E-state index in [1.807, 2.05) is 48.5 Å². The van der Waals surface area contributed by atoms with Gasteiger partial charge in [0.15, 0.2) is 17.3 Å². The van der Waals surface area contributed by atoms with Gasteiger partial charge in [-0.05, 0) is 50.8 Å². The Labute approximate surface area is 180 Å². The number of hydrogen-bond donors (Lipinski definition) is 1. The topological polar surface area (TPSA) is 81.7 Å². The Hall–Kier alpha value is -2.21. The second-order valence-electron chi connectivity index (χ2n) is 9.07. The van der Waals surface area contributed by atoms with Crippen molar-refractivity contribution in [2.24, 2.45) is 11.8 Å². The molecule has 1 aromatic rings. The predicted octanol–water partition coefficient (Wildman–Crippen LogP) is 4.94. The van der Waals surface area contributed by atoms with E-state index >= 15 is 0 Å². The first kappa shape index (κ1) is 25.8. The minimum Gasteiger partial charge on any atom is -0.423 e. The Kier molecular flexibility index (Phi) is 10.2. The molecule has 0 heterocycles. The van der Waals surface area contributed by atoms with Gasteiger partial charge in [0.25, 0.3) is 0 Å². The molecule has 1 aromatic carbocycles. The number of carbonyl (C=O) groups excluding carboxylic acids is 3. The van der Waals surface area contributed by atoms with Gasteiger partial charge in [0.1, 0.15) is 0 Å². The molecule has 2 atom stereocenters. The summed E-state index contributed by atoms with van der Waals surface area (Å²) in [5.74, 6) is -0.323. The second kappa shape index (κ2) is 11.8. The highest BCUT2D eigenvalue weighted by atomic mass is 16.6. The van der Waals surface area contributed by atoms with E-state index in [4.69, 9.17) is 9.47 Å². The molecule has 2 unspecified atom stereocenters. The van der Waals surface area contributed by atoms with Crippen LogP contribution in [0.5, 0.6) is 11.5 Å². The van der Waals surface area contributed by atoms with Crippen LogP contribution in [0.1, 0.15) is 84.5 Å². The van der Waals surface area contributed by atoms with Crippen LogP contribution in [0, 0.1) is 11.8 Å². The number of Topliss-reactive ketones (excluding diaryl/α,β-unsaturated/α-hetero) is 1. The molecule has 1 rings (SSSR count). The lowest BCUT2D eigenvalue weighted by atomic mass is 10.1. The lowest BCUT2D eigenvalue weighted by Crippen LogP contribution is -2.39. The van der Waals surface area contributed by atoms with E-state index in [9.17, 15) is 14.4 Å². The highest BCUT2D eigenvalue weighted by Crippen LogP contribution is 2.30. The Morgan fingerprint density at radius 3 is 1.87 bits per heavy atom. The van der Waals surface area contributed by atoms with Crippen molar-refractivity contribution in [2.45, 2.75) is 79.7 Å². The summed E-state index contributed by atoms with van der Waals surface area (Å²) in [5.41, 5.74) is 0.187. The van der Waals surface area contributed by atoms with E-state index in [1.54, 1.807) is 6.07 Å². The number of ether oxygens (including phenoxy) is 2. The van der Waals surface area contributed by atoms with Crippen molar-refractivity contribution in [3.63, 3.8) is 0 Å². The number of rotatable bonds is 11. The second-order valence-corrected chi connectivity index (χ2v) is 9.07. The molecule has 0 amide bonds. The minimum atomic E-state index is -0.416. The molecule has 0 aliphatic rings. The molecule has 0 fully saturated rings. The summed E-state index contributed by atoms with van der Waals surface area (Å²) in [7, 11) is 0. The maximum absolute atomic E-state index is 12.6. The number of hydrogen-bond acceptors (Lipinski definition) is 6. The molecule has 30 heavy (non-hydrogen) atoms. The third-order valence-corrected chi connectivity index (χ3v) is 4.92. The summed E-state index contributed by atoms with van der Waals surface area (Å²) >= 11 is 0. The first-order valence-electron chi connectivity index (χ1n) is 10.8. The maximum Gasteiger partial charge on any atom is 0.311 e. The number of ketones is 1. The van der Waals surface area contributed by atoms with E-state index in [2.05, 4.69) is 5.32 Å². The van der Waals surface area contributed by atoms with Gasteiger partial charge in [0.05, 0.1) is 6.54 Å². The van der Waals surface area contributed by atoms with Crippen LogP contribution in [0.15, 0.2) is 18.2 Å². The average molecular weight is 420 g/mol. The standard InChI is InChI=1S/C24H37NO5/c1-8-16(3)12-22(27)29-20-11-10-18(19(26)15-25-24(5,6)7)14-21(20)30-23(28)13-17(4)9-2/h10-11,14,16-17,25H,8-9,12-13,15H2,1-7H3. The summed E-state index contributed by atoms with van der Waals surface area (Å²) in [6.45, 7) is 14.0. The van der Waals surface area contributed by atoms with Gasteiger partial charge in [0, 0.05) is 23.9 Å². The van der Waals surface area contributed by atoms with Crippen molar-refractivity contribution >= 4 is 17.7 Å². The number of carbonyl (C=O) groups is 3. The van der Waals surface area contributed by atoms with Crippen LogP contribution < -0.4 is 14.8 Å². The first-order chi connectivity index (χ1) is 13.9. The zero-order valence-corrected chi connectivity index (χ0v) is 19.5. The molecule has 0 saturated carbocycles. The van der Waals surface area contributed by atoms with Crippen molar-refractivity contribution < 1.29 is 23.9 Å². The monoisotopic (exact) mass is 419 g/mol. The van der Waals surface area contributed by atoms with Gasteiger partial charge < -0.3 is 14.8 Å². The molecular weight excluding hydrogens is 382 g/mol. The number of esters is 2. The molecular formula is C24H37NO5. The Balaban J connectivity index is 3.06. The molecule has 0 aliphatic heterocycles. The van der Waals surface area contributed by atoms with Crippen LogP contribution in [-0.4, -0.2) is 29.8 Å². The highest BCUT2D eigenvalue weighted by molar-refractivity contribution is 5.98. The number of nitrogens with one attached hydrogen (secondary N) is 1. The van der Waals surface area contributed by atoms with Crippen LogP contribution in [0.2, 0.25) is 0 Å². The molecule has 0 spiro atoms. The fraction of sp³-hybridized carbons (Fsp3) is 0.625. The normalized spacial score (nSPS) is 13.4. The zero-order valence-electron chi connectivity index (χ0n) is 19.5. The fourth-order valence-corrected chi connectivity index (χ4v) is 2.48. The van der Waals surface area contributed by atoms with E-state index in [1.165, 1.54) is 12.1 Å². The van der Waals surface area contributed by atoms with Crippen LogP contribution in [-0.2, 0) is 9.59 Å². The predicted molar refractivity (Wildman–Crippen MR) is 118 cm³/mol. The van der Waals surface area contributed by atoms with Crippen LogP contribution in [0.4, 0.5) is 0 Å². The van der Waals surface area contributed by atoms with Gasteiger partial charge in [0.2, 0.25) is 0 Å². The van der Waals surface area contributed by atoms with E-state index < -0.39 is 11.9 Å². The molecule has 6 heteroatoms. The fourth-order valence-electron chi connectivity index (χ4n) is 2.48. The van der Waals surface area contributed by atoms with Gasteiger partial charge in [-0.1, -0.05) is 40.5 Å². The van der Waals surface area contributed by atoms with Crippen molar-refractivity contribution in [2.75, 3.05) is 6.54 Å². The maximum atomic E-state index is 12.6. The van der Waals surface area contributed by atoms with Gasteiger partial charge >= 0.3 is 11.9 Å². The molecule has 0 saturated heterocycles. The minimum absolute atomic E-state index is 0.0995. The average Bonchev–Trinajstić information content (AvgIpc) is 2.66. The Bertz CT molecular complexity index is 736. The van der Waals surface area contributed by atoms with Crippen LogP contribution in [0.25, 0.3) is 0 Å². The highest BCUT2D eigenvalue weighted by Gasteiger charge is 2.20. The molecule has 1 N–H and O–H groups in total. The summed E-state index contributed by atoms with van der Waals surface area (Å²) in [6.07, 6.45) is 2.23. The molecule has 6 nitrogen and oxygen atoms in total. The van der Waals surface area contributed by atoms with Crippen molar-refractivity contribution in [3.8, 4) is 11.5 Å². The van der Waals surface area contributed by atoms with Crippen molar-refractivity contribution in [1.82, 2.24) is 5.32 Å². The van der Waals surface area contributed by atoms with E-state index in [0.717, 1.165) is 12.8 Å². The van der Waals surface area contributed by atoms with E-state index in [-0.39, 0.29) is 54.0 Å². The van der Waals surface area contributed by atoms with E-state index in [0.29, 0.717) is 5.56 Å². The molecule has 0 aliphatic carbocycles. The molecule has 0 radical (unpaired) electrons. The summed E-state index contributed by atoms with van der Waals surface area (Å²) in [5, 5.41) is 3.15. The largest absolute Gasteiger partial charge is 0.423 e. The number of benzene rings is 1. The zero-order chi connectivity index (χ0) is 22.9. The quantitative estimate of drug-likeness (QED) is 0.311. The lowest BCUT2D eigenvalue weighted by molar-refractivity contribution is -0.138. The third kappa shape index (κ3) is 9.53. The smallest absolute Gasteiger partial charge is 0.311 e. The SMILES string of the molecule is CCC(C)CC(=O)Oc1ccc(C(=O)CNC(C)(C)C)cc1OC(=O)CC(C)CC. The Morgan fingerprint density at radius 1 is 0.900 bits per heavy atom. The molecule has 168 valence electrons. The van der Waals surface area contributed by atoms with Gasteiger partial charge in [-0.25, -0.2) is 0 Å². The summed E-state index contributed by atoms with van der Waals surface area (Å²) in [4.78, 5) is 37.1. The van der Waals surface area contributed by atoms with Gasteiger partial charge in [-0.15, -0.1) is 0 Å². The van der Waals surface area contributed by atoms with Crippen molar-refractivity contribution in [3.05, 3.63) is 23.8 Å². The van der Waals surface area contributed by atoms with Crippen LogP contribution in [0.3, 0.4) is 0 Å². The molecule has 0 aromatic heterocycles. The first-order valence-corrected chi connectivity index (χ1v) is 10.8. The summed E-state index contributed by atoms with van der Waals surface area (Å²) < 4.78 is 11.0. The lowest BCUT2D eigenvalue weighted by Gasteiger charge is -2.20. The van der Waals surface area contributed by atoms with Gasteiger partial charge in [-0.2, -0.15) is 0 Å². The molecule has 0 bridgehead atoms. The van der Waals surface area contributed by atoms with Crippen molar-refractivity contribution in [1.29, 1.82) is 0 Å². The third-order valence-electron chi connectivity index (χ3n) is 4.92. The van der Waals surface area contributed by atoms with Gasteiger partial charge in [-0.3, -0.25) is 14.4 Å². The van der Waals surface area contributed by atoms with Crippen LogP contribution >= 0.6 is 0 Å². The summed E-state index contributed by atoms with van der Waals surface area (Å²) in [6, 6.07) is 4.59.